The molecule has 2 N–H and O–H groups in total. The van der Waals surface area contributed by atoms with E-state index in [-0.39, 0.29) is 24.0 Å². The lowest BCUT2D eigenvalue weighted by molar-refractivity contribution is 0.122. The summed E-state index contributed by atoms with van der Waals surface area (Å²) in [4.78, 5) is 7.18. The average molecular weight is 541 g/mol. The first-order valence-corrected chi connectivity index (χ1v) is 11.1. The topological polar surface area (TPSA) is 74.9 Å². The van der Waals surface area contributed by atoms with E-state index in [0.29, 0.717) is 19.0 Å². The number of aromatic nitrogens is 1. The molecule has 1 aromatic carbocycles. The minimum absolute atomic E-state index is 0. The van der Waals surface area contributed by atoms with Crippen molar-refractivity contribution in [3.63, 3.8) is 0 Å². The van der Waals surface area contributed by atoms with Crippen LogP contribution in [0.4, 0.5) is 5.69 Å². The van der Waals surface area contributed by atoms with Gasteiger partial charge in [0.15, 0.2) is 11.7 Å². The predicted octanol–water partition coefficient (Wildman–Crippen LogP) is 4.29. The fourth-order valence-electron chi connectivity index (χ4n) is 3.75. The van der Waals surface area contributed by atoms with Gasteiger partial charge < -0.3 is 24.8 Å². The largest absolute Gasteiger partial charge is 0.378 e. The highest BCUT2D eigenvalue weighted by molar-refractivity contribution is 14.0. The van der Waals surface area contributed by atoms with Gasteiger partial charge in [0.1, 0.15) is 0 Å². The molecule has 0 atom stereocenters. The molecule has 1 aromatic heterocycles. The lowest BCUT2D eigenvalue weighted by atomic mass is 9.99. The van der Waals surface area contributed by atoms with Crippen LogP contribution in [0.3, 0.4) is 0 Å². The van der Waals surface area contributed by atoms with Gasteiger partial charge in [-0.3, -0.25) is 0 Å². The minimum Gasteiger partial charge on any atom is -0.378 e. The van der Waals surface area contributed by atoms with E-state index in [4.69, 9.17) is 14.3 Å². The molecule has 31 heavy (non-hydrogen) atoms. The van der Waals surface area contributed by atoms with Gasteiger partial charge in [0, 0.05) is 37.3 Å². The Bertz CT molecular complexity index is 801. The highest BCUT2D eigenvalue weighted by atomic mass is 127. The molecule has 1 fully saturated rings. The molecule has 1 aliphatic heterocycles. The van der Waals surface area contributed by atoms with Crippen molar-refractivity contribution in [2.45, 2.75) is 52.6 Å². The van der Waals surface area contributed by atoms with Crippen LogP contribution >= 0.6 is 24.0 Å². The summed E-state index contributed by atoms with van der Waals surface area (Å²) in [5.74, 6) is 2.06. The van der Waals surface area contributed by atoms with Gasteiger partial charge in [-0.25, -0.2) is 4.99 Å². The van der Waals surface area contributed by atoms with Crippen molar-refractivity contribution in [2.24, 2.45) is 4.99 Å². The number of halogens is 1. The summed E-state index contributed by atoms with van der Waals surface area (Å²) in [6.45, 7) is 11.8. The van der Waals surface area contributed by atoms with Crippen LogP contribution in [0, 0.1) is 0 Å². The number of hydrogen-bond acceptors (Lipinski definition) is 5. The first-order chi connectivity index (χ1) is 14.7. The Balaban J connectivity index is 0.00000341. The molecule has 3 rings (SSSR count). The van der Waals surface area contributed by atoms with Gasteiger partial charge in [-0.2, -0.15) is 0 Å². The highest BCUT2D eigenvalue weighted by Crippen LogP contribution is 2.23. The minimum atomic E-state index is 0. The van der Waals surface area contributed by atoms with Crippen molar-refractivity contribution >= 4 is 35.6 Å². The third-order valence-electron chi connectivity index (χ3n) is 5.51. The van der Waals surface area contributed by atoms with Crippen LogP contribution in [-0.2, 0) is 17.8 Å². The first-order valence-electron chi connectivity index (χ1n) is 11.1. The maximum absolute atomic E-state index is 5.53. The fraction of sp³-hybridized carbons (Fsp3) is 0.565. The molecule has 1 aliphatic rings. The number of guanidine groups is 1. The molecule has 0 radical (unpaired) electrons. The number of morpholine rings is 1. The normalized spacial score (nSPS) is 14.5. The predicted molar refractivity (Wildman–Crippen MR) is 136 cm³/mol. The zero-order valence-corrected chi connectivity index (χ0v) is 21.2. The van der Waals surface area contributed by atoms with Gasteiger partial charge in [-0.05, 0) is 31.4 Å². The second-order valence-electron chi connectivity index (χ2n) is 7.51. The molecule has 2 heterocycles. The van der Waals surface area contributed by atoms with Crippen LogP contribution in [0.15, 0.2) is 39.8 Å². The number of aliphatic imine (C=N–C) groups is 1. The Morgan fingerprint density at radius 3 is 2.58 bits per heavy atom. The second kappa shape index (κ2) is 13.6. The zero-order valence-electron chi connectivity index (χ0n) is 18.9. The van der Waals surface area contributed by atoms with E-state index in [1.54, 1.807) is 0 Å². The number of hydrogen-bond donors (Lipinski definition) is 2. The molecule has 8 heteroatoms. The first kappa shape index (κ1) is 25.5. The van der Waals surface area contributed by atoms with Crippen LogP contribution in [0.25, 0.3) is 0 Å². The van der Waals surface area contributed by atoms with Crippen molar-refractivity contribution in [2.75, 3.05) is 37.7 Å². The molecule has 172 valence electrons. The van der Waals surface area contributed by atoms with E-state index >= 15 is 0 Å². The number of anilines is 1. The Kier molecular flexibility index (Phi) is 11.1. The summed E-state index contributed by atoms with van der Waals surface area (Å²) >= 11 is 0. The molecule has 0 aliphatic carbocycles. The van der Waals surface area contributed by atoms with Crippen molar-refractivity contribution in [1.82, 2.24) is 15.8 Å². The Labute approximate surface area is 203 Å². The lowest BCUT2D eigenvalue weighted by Gasteiger charge is -2.30. The number of ether oxygens (including phenoxy) is 1. The average Bonchev–Trinajstić information content (AvgIpc) is 3.26. The lowest BCUT2D eigenvalue weighted by Crippen LogP contribution is -2.37. The van der Waals surface area contributed by atoms with Gasteiger partial charge in [0.2, 0.25) is 0 Å². The quantitative estimate of drug-likeness (QED) is 0.281. The standard InChI is InChI=1S/C23H35N5O2.HI/c1-4-18(5-2)21-15-20(30-27-21)17-26-23(24-6-3)25-16-19-9-7-8-10-22(19)28-11-13-29-14-12-28;/h7-10,15,18H,4-6,11-14,16-17H2,1-3H3,(H2,24,25,26);1H. The smallest absolute Gasteiger partial charge is 0.191 e. The van der Waals surface area contributed by atoms with E-state index in [0.717, 1.165) is 63.1 Å². The summed E-state index contributed by atoms with van der Waals surface area (Å²) in [5.41, 5.74) is 3.50. The molecule has 0 bridgehead atoms. The Morgan fingerprint density at radius 1 is 1.13 bits per heavy atom. The van der Waals surface area contributed by atoms with Crippen molar-refractivity contribution in [3.05, 3.63) is 47.3 Å². The van der Waals surface area contributed by atoms with Crippen molar-refractivity contribution in [1.29, 1.82) is 0 Å². The summed E-state index contributed by atoms with van der Waals surface area (Å²) in [6.07, 6.45) is 2.14. The van der Waals surface area contributed by atoms with E-state index in [1.807, 2.05) is 0 Å². The molecule has 0 amide bonds. The zero-order chi connectivity index (χ0) is 21.2. The SMILES string of the molecule is CCNC(=NCc1ccccc1N1CCOCC1)NCc1cc(C(CC)CC)no1.I. The van der Waals surface area contributed by atoms with Crippen LogP contribution in [0.1, 0.15) is 56.5 Å². The fourth-order valence-corrected chi connectivity index (χ4v) is 3.75. The van der Waals surface area contributed by atoms with Crippen LogP contribution in [0.5, 0.6) is 0 Å². The van der Waals surface area contributed by atoms with Gasteiger partial charge >= 0.3 is 0 Å². The second-order valence-corrected chi connectivity index (χ2v) is 7.51. The summed E-state index contributed by atoms with van der Waals surface area (Å²) in [7, 11) is 0. The van der Waals surface area contributed by atoms with Gasteiger partial charge in [-0.1, -0.05) is 37.2 Å². The van der Waals surface area contributed by atoms with E-state index in [2.05, 4.69) is 71.8 Å². The maximum Gasteiger partial charge on any atom is 0.191 e. The molecule has 2 aromatic rings. The Morgan fingerprint density at radius 2 is 1.87 bits per heavy atom. The number of para-hydroxylation sites is 1. The molecular weight excluding hydrogens is 505 g/mol. The van der Waals surface area contributed by atoms with Crippen molar-refractivity contribution < 1.29 is 9.26 Å². The third kappa shape index (κ3) is 7.38. The third-order valence-corrected chi connectivity index (χ3v) is 5.51. The van der Waals surface area contributed by atoms with Gasteiger partial charge in [0.25, 0.3) is 0 Å². The molecule has 7 nitrogen and oxygen atoms in total. The summed E-state index contributed by atoms with van der Waals surface area (Å²) in [6, 6.07) is 10.5. The molecule has 0 spiro atoms. The van der Waals surface area contributed by atoms with E-state index in [1.165, 1.54) is 11.3 Å². The number of nitrogens with one attached hydrogen (secondary N) is 2. The maximum atomic E-state index is 5.53. The number of nitrogens with zero attached hydrogens (tertiary/aromatic N) is 3. The van der Waals surface area contributed by atoms with Crippen molar-refractivity contribution in [3.8, 4) is 0 Å². The molecule has 0 unspecified atom stereocenters. The molecule has 0 saturated carbocycles. The van der Waals surface area contributed by atoms with Gasteiger partial charge in [0.05, 0.1) is 32.0 Å². The Hall–Kier alpha value is -1.81. The monoisotopic (exact) mass is 541 g/mol. The molecule has 1 saturated heterocycles. The number of rotatable bonds is 9. The van der Waals surface area contributed by atoms with E-state index < -0.39 is 0 Å². The number of benzene rings is 1. The molecular formula is C23H36IN5O2. The van der Waals surface area contributed by atoms with E-state index in [9.17, 15) is 0 Å². The summed E-state index contributed by atoms with van der Waals surface area (Å²) < 4.78 is 11.0. The summed E-state index contributed by atoms with van der Waals surface area (Å²) in [5, 5.41) is 10.9. The van der Waals surface area contributed by atoms with Crippen LogP contribution in [0.2, 0.25) is 0 Å². The van der Waals surface area contributed by atoms with Crippen LogP contribution in [-0.4, -0.2) is 44.0 Å². The van der Waals surface area contributed by atoms with Crippen LogP contribution < -0.4 is 15.5 Å². The highest BCUT2D eigenvalue weighted by Gasteiger charge is 2.15. The van der Waals surface area contributed by atoms with Gasteiger partial charge in [-0.15, -0.1) is 24.0 Å².